The number of benzene rings is 3. The molecule has 0 bridgehead atoms. The van der Waals surface area contributed by atoms with Crippen molar-refractivity contribution in [2.24, 2.45) is 0 Å². The van der Waals surface area contributed by atoms with Gasteiger partial charge in [0.1, 0.15) is 5.75 Å². The van der Waals surface area contributed by atoms with E-state index in [1.807, 2.05) is 0 Å². The molecule has 0 fully saturated rings. The van der Waals surface area contributed by atoms with Gasteiger partial charge < -0.3 is 23.7 Å². The second kappa shape index (κ2) is 11.1. The molecule has 0 aliphatic heterocycles. The Morgan fingerprint density at radius 1 is 0.743 bits per heavy atom. The first-order chi connectivity index (χ1) is 16.8. The van der Waals surface area contributed by atoms with E-state index >= 15 is 4.39 Å². The molecule has 0 aliphatic carbocycles. The van der Waals surface area contributed by atoms with Gasteiger partial charge in [-0.05, 0) is 53.6 Å². The predicted octanol–water partition coefficient (Wildman–Crippen LogP) is 5.01. The molecule has 0 atom stereocenters. The lowest BCUT2D eigenvalue weighted by Gasteiger charge is -2.14. The van der Waals surface area contributed by atoms with Crippen molar-refractivity contribution in [2.75, 3.05) is 35.5 Å². The summed E-state index contributed by atoms with van der Waals surface area (Å²) in [7, 11) is 3.47. The summed E-state index contributed by atoms with van der Waals surface area (Å²) < 4.78 is 67.7. The third kappa shape index (κ3) is 5.68. The van der Waals surface area contributed by atoms with Gasteiger partial charge in [-0.1, -0.05) is 18.2 Å². The van der Waals surface area contributed by atoms with Gasteiger partial charge in [-0.2, -0.15) is 0 Å². The SMILES string of the molecule is COc1ccc(S(=O)(=O)Cc2c(/C=C\c3cc(OC)c(OC)c(OC)c3)ccc(OC)c2F)cc1. The highest BCUT2D eigenvalue weighted by Crippen LogP contribution is 2.39. The van der Waals surface area contributed by atoms with E-state index in [1.165, 1.54) is 53.7 Å². The average Bonchev–Trinajstić information content (AvgIpc) is 2.88. The number of rotatable bonds is 10. The summed E-state index contributed by atoms with van der Waals surface area (Å²) >= 11 is 0. The minimum atomic E-state index is -3.86. The summed E-state index contributed by atoms with van der Waals surface area (Å²) in [6, 6.07) is 12.5. The van der Waals surface area contributed by atoms with Crippen LogP contribution in [-0.2, 0) is 15.6 Å². The fourth-order valence-electron chi connectivity index (χ4n) is 3.52. The van der Waals surface area contributed by atoms with Crippen molar-refractivity contribution in [1.82, 2.24) is 0 Å². The van der Waals surface area contributed by atoms with E-state index in [0.29, 0.717) is 34.1 Å². The lowest BCUT2D eigenvalue weighted by Crippen LogP contribution is -2.09. The summed E-state index contributed by atoms with van der Waals surface area (Å²) in [5.74, 6) is 0.521. The molecule has 3 aromatic rings. The number of sulfone groups is 1. The second-order valence-electron chi connectivity index (χ2n) is 7.38. The number of methoxy groups -OCH3 is 5. The summed E-state index contributed by atoms with van der Waals surface area (Å²) in [6.07, 6.45) is 3.33. The molecule has 3 aromatic carbocycles. The van der Waals surface area contributed by atoms with Gasteiger partial charge in [0.2, 0.25) is 5.75 Å². The van der Waals surface area contributed by atoms with Crippen LogP contribution in [0.2, 0.25) is 0 Å². The van der Waals surface area contributed by atoms with Gasteiger partial charge in [0.25, 0.3) is 0 Å². The van der Waals surface area contributed by atoms with E-state index < -0.39 is 21.4 Å². The number of hydrogen-bond donors (Lipinski definition) is 0. The van der Waals surface area contributed by atoms with Crippen LogP contribution in [0.4, 0.5) is 4.39 Å². The minimum Gasteiger partial charge on any atom is -0.497 e. The molecular weight excluding hydrogens is 475 g/mol. The van der Waals surface area contributed by atoms with Crippen molar-refractivity contribution in [2.45, 2.75) is 10.6 Å². The second-order valence-corrected chi connectivity index (χ2v) is 9.37. The van der Waals surface area contributed by atoms with E-state index in [9.17, 15) is 8.42 Å². The van der Waals surface area contributed by atoms with Gasteiger partial charge in [-0.15, -0.1) is 0 Å². The Bertz CT molecular complexity index is 1290. The molecule has 0 heterocycles. The molecule has 186 valence electrons. The van der Waals surface area contributed by atoms with Crippen molar-refractivity contribution in [3.8, 4) is 28.7 Å². The Labute approximate surface area is 204 Å². The van der Waals surface area contributed by atoms with Crippen LogP contribution >= 0.6 is 0 Å². The van der Waals surface area contributed by atoms with Gasteiger partial charge in [0.15, 0.2) is 32.9 Å². The van der Waals surface area contributed by atoms with Crippen LogP contribution in [0.3, 0.4) is 0 Å². The highest BCUT2D eigenvalue weighted by Gasteiger charge is 2.22. The molecule has 0 aromatic heterocycles. The van der Waals surface area contributed by atoms with Crippen LogP contribution in [-0.4, -0.2) is 44.0 Å². The predicted molar refractivity (Wildman–Crippen MR) is 132 cm³/mol. The first-order valence-corrected chi connectivity index (χ1v) is 12.1. The Morgan fingerprint density at radius 3 is 1.86 bits per heavy atom. The first kappa shape index (κ1) is 25.9. The van der Waals surface area contributed by atoms with Crippen LogP contribution in [0.1, 0.15) is 16.7 Å². The molecule has 35 heavy (non-hydrogen) atoms. The van der Waals surface area contributed by atoms with Crippen LogP contribution in [0.15, 0.2) is 53.4 Å². The Kier molecular flexibility index (Phi) is 8.24. The van der Waals surface area contributed by atoms with Crippen LogP contribution < -0.4 is 23.7 Å². The number of hydrogen-bond acceptors (Lipinski definition) is 7. The normalized spacial score (nSPS) is 11.4. The first-order valence-electron chi connectivity index (χ1n) is 10.5. The van der Waals surface area contributed by atoms with Crippen LogP contribution in [0.5, 0.6) is 28.7 Å². The van der Waals surface area contributed by atoms with Crippen molar-refractivity contribution < 1.29 is 36.5 Å². The zero-order chi connectivity index (χ0) is 25.6. The maximum atomic E-state index is 15.3. The standard InChI is InChI=1S/C26H27FO7S/c1-30-19-9-11-20(12-10-19)35(28,29)16-21-18(8-13-22(31-2)25(21)27)7-6-17-14-23(32-3)26(34-5)24(15-17)33-4/h6-15H,16H2,1-5H3/b7-6-. The third-order valence-electron chi connectivity index (χ3n) is 5.36. The van der Waals surface area contributed by atoms with Crippen molar-refractivity contribution >= 4 is 22.0 Å². The van der Waals surface area contributed by atoms with Gasteiger partial charge >= 0.3 is 0 Å². The van der Waals surface area contributed by atoms with Crippen molar-refractivity contribution in [3.05, 3.63) is 71.0 Å². The summed E-state index contributed by atoms with van der Waals surface area (Å²) in [5.41, 5.74) is 1.05. The third-order valence-corrected chi connectivity index (χ3v) is 7.02. The lowest BCUT2D eigenvalue weighted by atomic mass is 10.1. The van der Waals surface area contributed by atoms with Crippen LogP contribution in [0.25, 0.3) is 12.2 Å². The number of halogens is 1. The molecule has 3 rings (SSSR count). The number of ether oxygens (including phenoxy) is 5. The Hall–Kier alpha value is -3.72. The quantitative estimate of drug-likeness (QED) is 0.361. The highest BCUT2D eigenvalue weighted by atomic mass is 32.2. The minimum absolute atomic E-state index is 0.0103. The zero-order valence-electron chi connectivity index (χ0n) is 20.1. The van der Waals surface area contributed by atoms with Crippen LogP contribution in [0, 0.1) is 5.82 Å². The molecule has 0 unspecified atom stereocenters. The fraction of sp³-hybridized carbons (Fsp3) is 0.231. The van der Waals surface area contributed by atoms with E-state index in [0.717, 1.165) is 0 Å². The van der Waals surface area contributed by atoms with Crippen molar-refractivity contribution in [1.29, 1.82) is 0 Å². The van der Waals surface area contributed by atoms with Gasteiger partial charge in [-0.3, -0.25) is 0 Å². The van der Waals surface area contributed by atoms with E-state index in [1.54, 1.807) is 42.5 Å². The van der Waals surface area contributed by atoms with Gasteiger partial charge in [-0.25, -0.2) is 12.8 Å². The fourth-order valence-corrected chi connectivity index (χ4v) is 4.91. The molecule has 0 saturated heterocycles. The Morgan fingerprint density at radius 2 is 1.34 bits per heavy atom. The molecule has 0 spiro atoms. The Balaban J connectivity index is 2.04. The molecular formula is C26H27FO7S. The molecule has 0 amide bonds. The summed E-state index contributed by atoms with van der Waals surface area (Å²) in [4.78, 5) is 0.0556. The lowest BCUT2D eigenvalue weighted by molar-refractivity contribution is 0.324. The van der Waals surface area contributed by atoms with Crippen molar-refractivity contribution in [3.63, 3.8) is 0 Å². The van der Waals surface area contributed by atoms with Gasteiger partial charge in [0.05, 0.1) is 46.2 Å². The summed E-state index contributed by atoms with van der Waals surface area (Å²) in [5, 5.41) is 0. The highest BCUT2D eigenvalue weighted by molar-refractivity contribution is 7.90. The molecule has 0 aliphatic rings. The zero-order valence-corrected chi connectivity index (χ0v) is 20.9. The molecule has 7 nitrogen and oxygen atoms in total. The molecule has 9 heteroatoms. The maximum Gasteiger partial charge on any atom is 0.203 e. The maximum absolute atomic E-state index is 15.3. The van der Waals surface area contributed by atoms with E-state index in [4.69, 9.17) is 23.7 Å². The monoisotopic (exact) mass is 502 g/mol. The summed E-state index contributed by atoms with van der Waals surface area (Å²) in [6.45, 7) is 0. The largest absolute Gasteiger partial charge is 0.497 e. The van der Waals surface area contributed by atoms with Gasteiger partial charge in [0, 0.05) is 5.56 Å². The molecule has 0 N–H and O–H groups in total. The van der Waals surface area contributed by atoms with E-state index in [2.05, 4.69) is 0 Å². The smallest absolute Gasteiger partial charge is 0.203 e. The topological polar surface area (TPSA) is 80.3 Å². The molecule has 0 saturated carbocycles. The molecule has 0 radical (unpaired) electrons. The average molecular weight is 503 g/mol. The van der Waals surface area contributed by atoms with E-state index in [-0.39, 0.29) is 16.2 Å².